The Morgan fingerprint density at radius 1 is 1.21 bits per heavy atom. The maximum absolute atomic E-state index is 11.4. The number of hydrogen-bond acceptors (Lipinski definition) is 2. The fourth-order valence-corrected chi connectivity index (χ4v) is 5.14. The summed E-state index contributed by atoms with van der Waals surface area (Å²) in [7, 11) is 0. The summed E-state index contributed by atoms with van der Waals surface area (Å²) in [4.78, 5) is 0. The lowest BCUT2D eigenvalue weighted by atomic mass is 9.58. The van der Waals surface area contributed by atoms with E-state index in [0.717, 1.165) is 31.6 Å². The van der Waals surface area contributed by atoms with E-state index < -0.39 is 5.60 Å². The van der Waals surface area contributed by atoms with Crippen LogP contribution in [0.25, 0.3) is 0 Å². The van der Waals surface area contributed by atoms with Gasteiger partial charge in [0.1, 0.15) is 0 Å². The van der Waals surface area contributed by atoms with Gasteiger partial charge in [-0.3, -0.25) is 0 Å². The second kappa shape index (κ2) is 5.04. The summed E-state index contributed by atoms with van der Waals surface area (Å²) < 4.78 is 0. The molecule has 2 aliphatic rings. The van der Waals surface area contributed by atoms with Crippen molar-refractivity contribution in [2.75, 3.05) is 6.54 Å². The molecule has 2 aliphatic carbocycles. The van der Waals surface area contributed by atoms with Gasteiger partial charge in [-0.15, -0.1) is 0 Å². The highest BCUT2D eigenvalue weighted by molar-refractivity contribution is 5.10. The quantitative estimate of drug-likeness (QED) is 0.818. The standard InChI is InChI=1S/C17H33NO/c1-5-14-6-8-16(12-18,9-7-14)17(19)11-15(3,4)10-13(17)2/h13-14,19H,5-12,18H2,1-4H3. The van der Waals surface area contributed by atoms with Gasteiger partial charge >= 0.3 is 0 Å². The molecule has 2 nitrogen and oxygen atoms in total. The molecule has 0 saturated heterocycles. The summed E-state index contributed by atoms with van der Waals surface area (Å²) in [5, 5.41) is 11.4. The summed E-state index contributed by atoms with van der Waals surface area (Å²) in [6.07, 6.45) is 8.09. The molecular formula is C17H33NO. The molecule has 0 aromatic rings. The third kappa shape index (κ3) is 2.47. The Morgan fingerprint density at radius 3 is 2.16 bits per heavy atom. The average molecular weight is 267 g/mol. The first-order chi connectivity index (χ1) is 8.78. The van der Waals surface area contributed by atoms with Crippen molar-refractivity contribution in [2.45, 2.75) is 78.2 Å². The lowest BCUT2D eigenvalue weighted by Crippen LogP contribution is -2.56. The molecule has 2 saturated carbocycles. The molecule has 0 heterocycles. The van der Waals surface area contributed by atoms with Gasteiger partial charge in [-0.1, -0.05) is 34.1 Å². The van der Waals surface area contributed by atoms with Gasteiger partial charge in [0.25, 0.3) is 0 Å². The molecule has 0 spiro atoms. The Bertz CT molecular complexity index is 317. The van der Waals surface area contributed by atoms with Crippen LogP contribution in [0, 0.1) is 22.7 Å². The lowest BCUT2D eigenvalue weighted by molar-refractivity contribution is -0.129. The Morgan fingerprint density at radius 2 is 1.79 bits per heavy atom. The molecule has 0 aromatic heterocycles. The zero-order valence-electron chi connectivity index (χ0n) is 13.3. The Balaban J connectivity index is 2.22. The zero-order chi connectivity index (χ0) is 14.3. The molecule has 0 amide bonds. The minimum absolute atomic E-state index is 0.0220. The van der Waals surface area contributed by atoms with Gasteiger partial charge in [0.2, 0.25) is 0 Å². The van der Waals surface area contributed by atoms with Gasteiger partial charge in [-0.05, 0) is 55.8 Å². The fourth-order valence-electron chi connectivity index (χ4n) is 5.14. The van der Waals surface area contributed by atoms with Crippen LogP contribution in [-0.4, -0.2) is 17.3 Å². The van der Waals surface area contributed by atoms with Gasteiger partial charge in [-0.25, -0.2) is 0 Å². The first-order valence-electron chi connectivity index (χ1n) is 8.21. The van der Waals surface area contributed by atoms with Crippen LogP contribution < -0.4 is 5.73 Å². The first-order valence-corrected chi connectivity index (χ1v) is 8.21. The van der Waals surface area contributed by atoms with E-state index in [2.05, 4.69) is 27.7 Å². The summed E-state index contributed by atoms with van der Waals surface area (Å²) >= 11 is 0. The van der Waals surface area contributed by atoms with E-state index in [1.807, 2.05) is 0 Å². The number of nitrogens with two attached hydrogens (primary N) is 1. The van der Waals surface area contributed by atoms with Crippen LogP contribution in [0.5, 0.6) is 0 Å². The highest BCUT2D eigenvalue weighted by Gasteiger charge is 2.59. The van der Waals surface area contributed by atoms with E-state index >= 15 is 0 Å². The van der Waals surface area contributed by atoms with Crippen molar-refractivity contribution in [1.29, 1.82) is 0 Å². The molecule has 2 atom stereocenters. The monoisotopic (exact) mass is 267 g/mol. The van der Waals surface area contributed by atoms with Crippen LogP contribution in [0.4, 0.5) is 0 Å². The van der Waals surface area contributed by atoms with Crippen molar-refractivity contribution >= 4 is 0 Å². The SMILES string of the molecule is CCC1CCC(CN)(C2(O)CC(C)(C)CC2C)CC1. The van der Waals surface area contributed by atoms with E-state index in [0.29, 0.717) is 12.5 Å². The molecule has 3 N–H and O–H groups in total. The van der Waals surface area contributed by atoms with Crippen LogP contribution in [0.15, 0.2) is 0 Å². The van der Waals surface area contributed by atoms with Crippen LogP contribution in [-0.2, 0) is 0 Å². The number of hydrogen-bond donors (Lipinski definition) is 2. The van der Waals surface area contributed by atoms with E-state index in [1.54, 1.807) is 0 Å². The smallest absolute Gasteiger partial charge is 0.0746 e. The Hall–Kier alpha value is -0.0800. The molecule has 0 aromatic carbocycles. The van der Waals surface area contributed by atoms with Crippen molar-refractivity contribution in [1.82, 2.24) is 0 Å². The molecule has 2 rings (SSSR count). The van der Waals surface area contributed by atoms with Crippen LogP contribution in [0.1, 0.15) is 72.6 Å². The first kappa shape index (κ1) is 15.3. The van der Waals surface area contributed by atoms with Crippen LogP contribution in [0.2, 0.25) is 0 Å². The predicted molar refractivity (Wildman–Crippen MR) is 80.9 cm³/mol. The molecule has 0 aliphatic heterocycles. The fraction of sp³-hybridized carbons (Fsp3) is 1.00. The minimum atomic E-state index is -0.538. The topological polar surface area (TPSA) is 46.2 Å². The van der Waals surface area contributed by atoms with Gasteiger partial charge < -0.3 is 10.8 Å². The summed E-state index contributed by atoms with van der Waals surface area (Å²) in [6, 6.07) is 0. The summed E-state index contributed by atoms with van der Waals surface area (Å²) in [5.41, 5.74) is 5.88. The van der Waals surface area contributed by atoms with Gasteiger partial charge in [0, 0.05) is 12.0 Å². The number of aliphatic hydroxyl groups is 1. The van der Waals surface area contributed by atoms with E-state index in [9.17, 15) is 5.11 Å². The average Bonchev–Trinajstić information content (AvgIpc) is 2.59. The molecular weight excluding hydrogens is 234 g/mol. The van der Waals surface area contributed by atoms with Crippen molar-refractivity contribution in [3.05, 3.63) is 0 Å². The highest BCUT2D eigenvalue weighted by Crippen LogP contribution is 2.59. The van der Waals surface area contributed by atoms with E-state index in [4.69, 9.17) is 5.73 Å². The van der Waals surface area contributed by atoms with Crippen LogP contribution >= 0.6 is 0 Å². The third-order valence-corrected chi connectivity index (χ3v) is 6.37. The highest BCUT2D eigenvalue weighted by atomic mass is 16.3. The summed E-state index contributed by atoms with van der Waals surface area (Å²) in [5.74, 6) is 1.23. The predicted octanol–water partition coefficient (Wildman–Crippen LogP) is 3.72. The van der Waals surface area contributed by atoms with Crippen molar-refractivity contribution in [3.63, 3.8) is 0 Å². The maximum atomic E-state index is 11.4. The largest absolute Gasteiger partial charge is 0.389 e. The Kier molecular flexibility index (Phi) is 4.06. The molecule has 19 heavy (non-hydrogen) atoms. The number of rotatable bonds is 3. The second-order valence-corrected chi connectivity index (χ2v) is 8.21. The molecule has 2 unspecified atom stereocenters. The third-order valence-electron chi connectivity index (χ3n) is 6.37. The van der Waals surface area contributed by atoms with Gasteiger partial charge in [0.15, 0.2) is 0 Å². The second-order valence-electron chi connectivity index (χ2n) is 8.21. The Labute approximate surface area is 119 Å². The maximum Gasteiger partial charge on any atom is 0.0746 e. The van der Waals surface area contributed by atoms with Crippen molar-refractivity contribution in [2.24, 2.45) is 28.4 Å². The molecule has 112 valence electrons. The van der Waals surface area contributed by atoms with Gasteiger partial charge in [-0.2, -0.15) is 0 Å². The molecule has 0 radical (unpaired) electrons. The van der Waals surface area contributed by atoms with Crippen molar-refractivity contribution in [3.8, 4) is 0 Å². The molecule has 2 heteroatoms. The molecule has 2 fully saturated rings. The van der Waals surface area contributed by atoms with Gasteiger partial charge in [0.05, 0.1) is 5.60 Å². The minimum Gasteiger partial charge on any atom is -0.389 e. The zero-order valence-corrected chi connectivity index (χ0v) is 13.3. The normalized spacial score (nSPS) is 46.4. The van der Waals surface area contributed by atoms with E-state index in [1.165, 1.54) is 19.3 Å². The molecule has 0 bridgehead atoms. The van der Waals surface area contributed by atoms with Crippen LogP contribution in [0.3, 0.4) is 0 Å². The summed E-state index contributed by atoms with van der Waals surface area (Å²) in [6.45, 7) is 9.77. The van der Waals surface area contributed by atoms with E-state index in [-0.39, 0.29) is 10.8 Å². The lowest BCUT2D eigenvalue weighted by Gasteiger charge is -2.51. The van der Waals surface area contributed by atoms with Crippen molar-refractivity contribution < 1.29 is 5.11 Å².